The Hall–Kier alpha value is -1.34. The third-order valence-electron chi connectivity index (χ3n) is 6.60. The molecule has 30 heavy (non-hydrogen) atoms. The van der Waals surface area contributed by atoms with Crippen molar-refractivity contribution >= 4 is 0 Å². The van der Waals surface area contributed by atoms with E-state index in [0.29, 0.717) is 24.4 Å². The minimum Gasteiger partial charge on any atom is -0.493 e. The zero-order valence-corrected chi connectivity index (χ0v) is 19.0. The molecule has 0 bridgehead atoms. The van der Waals surface area contributed by atoms with Crippen LogP contribution in [0.4, 0.5) is 0 Å². The van der Waals surface area contributed by atoms with Gasteiger partial charge in [-0.15, -0.1) is 0 Å². The Kier molecular flexibility index (Phi) is 9.25. The standard InChI is InChI=1S/C24H40N2O4/c1-25(21-11-13-29-14-12-21)16-19-9-10-23(24(15-19)28-3)30-18-22(27)17-26(2)20-7-5-4-6-8-20/h9-10,15,20-22,27H,4-8,11-14,16-18H2,1-3H3. The summed E-state index contributed by atoms with van der Waals surface area (Å²) in [6, 6.07) is 7.26. The fourth-order valence-electron chi connectivity index (χ4n) is 4.71. The van der Waals surface area contributed by atoms with Crippen molar-refractivity contribution in [3.8, 4) is 11.5 Å². The maximum Gasteiger partial charge on any atom is 0.161 e. The van der Waals surface area contributed by atoms with Gasteiger partial charge < -0.3 is 24.2 Å². The van der Waals surface area contributed by atoms with Crippen molar-refractivity contribution in [2.75, 3.05) is 47.6 Å². The lowest BCUT2D eigenvalue weighted by molar-refractivity contribution is 0.0406. The number of hydrogen-bond acceptors (Lipinski definition) is 6. The van der Waals surface area contributed by atoms with Gasteiger partial charge in [-0.3, -0.25) is 4.90 Å². The fraction of sp³-hybridized carbons (Fsp3) is 0.750. The SMILES string of the molecule is COc1cc(CN(C)C2CCOCC2)ccc1OCC(O)CN(C)C1CCCCC1. The average molecular weight is 421 g/mol. The number of methoxy groups -OCH3 is 1. The van der Waals surface area contributed by atoms with Crippen LogP contribution in [0, 0.1) is 0 Å². The molecule has 0 amide bonds. The molecule has 1 heterocycles. The lowest BCUT2D eigenvalue weighted by Gasteiger charge is -2.32. The van der Waals surface area contributed by atoms with E-state index in [0.717, 1.165) is 38.3 Å². The molecule has 1 atom stereocenters. The number of hydrogen-bond donors (Lipinski definition) is 1. The van der Waals surface area contributed by atoms with Gasteiger partial charge in [-0.2, -0.15) is 0 Å². The van der Waals surface area contributed by atoms with Crippen LogP contribution in [-0.2, 0) is 11.3 Å². The molecule has 6 nitrogen and oxygen atoms in total. The number of benzene rings is 1. The third kappa shape index (κ3) is 6.84. The molecule has 170 valence electrons. The molecular formula is C24H40N2O4. The van der Waals surface area contributed by atoms with E-state index in [1.807, 2.05) is 12.1 Å². The zero-order chi connectivity index (χ0) is 21.3. The maximum absolute atomic E-state index is 10.5. The van der Waals surface area contributed by atoms with Crippen molar-refractivity contribution in [3.63, 3.8) is 0 Å². The van der Waals surface area contributed by atoms with Crippen LogP contribution >= 0.6 is 0 Å². The quantitative estimate of drug-likeness (QED) is 0.627. The predicted molar refractivity (Wildman–Crippen MR) is 119 cm³/mol. The molecule has 3 rings (SSSR count). The molecule has 1 N–H and O–H groups in total. The van der Waals surface area contributed by atoms with Crippen molar-refractivity contribution in [2.45, 2.75) is 69.7 Å². The first-order chi connectivity index (χ1) is 14.6. The first-order valence-electron chi connectivity index (χ1n) is 11.5. The van der Waals surface area contributed by atoms with Crippen molar-refractivity contribution in [2.24, 2.45) is 0 Å². The Morgan fingerprint density at radius 3 is 2.40 bits per heavy atom. The number of aliphatic hydroxyl groups excluding tert-OH is 1. The van der Waals surface area contributed by atoms with E-state index in [2.05, 4.69) is 30.0 Å². The van der Waals surface area contributed by atoms with Crippen molar-refractivity contribution < 1.29 is 19.3 Å². The predicted octanol–water partition coefficient (Wildman–Crippen LogP) is 3.31. The Labute approximate surface area is 182 Å². The van der Waals surface area contributed by atoms with Gasteiger partial charge in [-0.05, 0) is 57.5 Å². The van der Waals surface area contributed by atoms with Crippen LogP contribution < -0.4 is 9.47 Å². The molecule has 2 aliphatic rings. The summed E-state index contributed by atoms with van der Waals surface area (Å²) >= 11 is 0. The first kappa shape index (κ1) is 23.3. The van der Waals surface area contributed by atoms with Gasteiger partial charge in [0.05, 0.1) is 7.11 Å². The van der Waals surface area contributed by atoms with Crippen LogP contribution in [0.1, 0.15) is 50.5 Å². The summed E-state index contributed by atoms with van der Waals surface area (Å²) in [5.74, 6) is 1.41. The smallest absolute Gasteiger partial charge is 0.161 e. The van der Waals surface area contributed by atoms with Crippen LogP contribution in [0.3, 0.4) is 0 Å². The highest BCUT2D eigenvalue weighted by Crippen LogP contribution is 2.29. The summed E-state index contributed by atoms with van der Waals surface area (Å²) in [6.45, 7) is 3.48. The fourth-order valence-corrected chi connectivity index (χ4v) is 4.71. The summed E-state index contributed by atoms with van der Waals surface area (Å²) < 4.78 is 17.0. The summed E-state index contributed by atoms with van der Waals surface area (Å²) in [5, 5.41) is 10.5. The highest BCUT2D eigenvalue weighted by Gasteiger charge is 2.21. The Bertz CT molecular complexity index is 630. The molecular weight excluding hydrogens is 380 g/mol. The second kappa shape index (κ2) is 11.9. The van der Waals surface area contributed by atoms with E-state index in [1.54, 1.807) is 7.11 Å². The first-order valence-corrected chi connectivity index (χ1v) is 11.5. The number of ether oxygens (including phenoxy) is 3. The summed E-state index contributed by atoms with van der Waals surface area (Å²) in [5.41, 5.74) is 1.20. The van der Waals surface area contributed by atoms with Crippen LogP contribution in [0.5, 0.6) is 11.5 Å². The number of likely N-dealkylation sites (N-methyl/N-ethyl adjacent to an activating group) is 1. The molecule has 2 fully saturated rings. The third-order valence-corrected chi connectivity index (χ3v) is 6.60. The topological polar surface area (TPSA) is 54.4 Å². The zero-order valence-electron chi connectivity index (χ0n) is 19.0. The Morgan fingerprint density at radius 2 is 1.70 bits per heavy atom. The summed E-state index contributed by atoms with van der Waals surface area (Å²) in [6.07, 6.45) is 8.08. The largest absolute Gasteiger partial charge is 0.493 e. The number of rotatable bonds is 10. The molecule has 1 saturated heterocycles. The molecule has 1 saturated carbocycles. The van der Waals surface area contributed by atoms with Crippen LogP contribution in [0.15, 0.2) is 18.2 Å². The van der Waals surface area contributed by atoms with Crippen molar-refractivity contribution in [3.05, 3.63) is 23.8 Å². The molecule has 1 aliphatic heterocycles. The molecule has 1 aromatic rings. The van der Waals surface area contributed by atoms with Crippen LogP contribution in [0.2, 0.25) is 0 Å². The van der Waals surface area contributed by atoms with Gasteiger partial charge in [0, 0.05) is 38.4 Å². The molecule has 1 unspecified atom stereocenters. The second-order valence-electron chi connectivity index (χ2n) is 8.94. The van der Waals surface area contributed by atoms with E-state index < -0.39 is 6.10 Å². The van der Waals surface area contributed by atoms with Gasteiger partial charge in [0.25, 0.3) is 0 Å². The minimum atomic E-state index is -0.513. The minimum absolute atomic E-state index is 0.273. The van der Waals surface area contributed by atoms with Gasteiger partial charge in [-0.1, -0.05) is 25.3 Å². The van der Waals surface area contributed by atoms with Gasteiger partial charge >= 0.3 is 0 Å². The molecule has 0 spiro atoms. The molecule has 0 aromatic heterocycles. The van der Waals surface area contributed by atoms with E-state index in [1.165, 1.54) is 37.7 Å². The highest BCUT2D eigenvalue weighted by atomic mass is 16.5. The maximum atomic E-state index is 10.5. The van der Waals surface area contributed by atoms with Crippen molar-refractivity contribution in [1.82, 2.24) is 9.80 Å². The van der Waals surface area contributed by atoms with Gasteiger partial charge in [-0.25, -0.2) is 0 Å². The van der Waals surface area contributed by atoms with Gasteiger partial charge in [0.15, 0.2) is 11.5 Å². The van der Waals surface area contributed by atoms with Crippen LogP contribution in [-0.4, -0.2) is 80.7 Å². The van der Waals surface area contributed by atoms with Crippen LogP contribution in [0.25, 0.3) is 0 Å². The lowest BCUT2D eigenvalue weighted by atomic mass is 9.94. The summed E-state index contributed by atoms with van der Waals surface area (Å²) in [4.78, 5) is 4.68. The van der Waals surface area contributed by atoms with Gasteiger partial charge in [0.1, 0.15) is 12.7 Å². The number of nitrogens with zero attached hydrogens (tertiary/aromatic N) is 2. The Morgan fingerprint density at radius 1 is 1.00 bits per heavy atom. The van der Waals surface area contributed by atoms with E-state index in [9.17, 15) is 5.11 Å². The van der Waals surface area contributed by atoms with E-state index in [-0.39, 0.29) is 6.61 Å². The normalized spacial score (nSPS) is 19.9. The molecule has 1 aromatic carbocycles. The van der Waals surface area contributed by atoms with E-state index >= 15 is 0 Å². The molecule has 0 radical (unpaired) electrons. The lowest BCUT2D eigenvalue weighted by Crippen LogP contribution is -2.40. The Balaban J connectivity index is 1.49. The van der Waals surface area contributed by atoms with E-state index in [4.69, 9.17) is 14.2 Å². The number of aliphatic hydroxyl groups is 1. The summed E-state index contributed by atoms with van der Waals surface area (Å²) in [7, 11) is 5.96. The van der Waals surface area contributed by atoms with Gasteiger partial charge in [0.2, 0.25) is 0 Å². The molecule has 1 aliphatic carbocycles. The highest BCUT2D eigenvalue weighted by molar-refractivity contribution is 5.43. The second-order valence-corrected chi connectivity index (χ2v) is 8.94. The average Bonchev–Trinajstić information content (AvgIpc) is 2.79. The van der Waals surface area contributed by atoms with Crippen molar-refractivity contribution in [1.29, 1.82) is 0 Å². The molecule has 6 heteroatoms. The monoisotopic (exact) mass is 420 g/mol.